The van der Waals surface area contributed by atoms with Crippen molar-refractivity contribution in [3.8, 4) is 11.1 Å². The summed E-state index contributed by atoms with van der Waals surface area (Å²) < 4.78 is 25.4. The summed E-state index contributed by atoms with van der Waals surface area (Å²) in [6.07, 6.45) is 3.59. The maximum atomic E-state index is 12.8. The third-order valence-electron chi connectivity index (χ3n) is 6.80. The van der Waals surface area contributed by atoms with Gasteiger partial charge in [-0.25, -0.2) is 13.5 Å². The van der Waals surface area contributed by atoms with Crippen LogP contribution >= 0.6 is 0 Å². The van der Waals surface area contributed by atoms with Crippen molar-refractivity contribution in [3.05, 3.63) is 83.2 Å². The quantitative estimate of drug-likeness (QED) is 0.292. The van der Waals surface area contributed by atoms with Crippen LogP contribution in [0.4, 0.5) is 5.69 Å². The van der Waals surface area contributed by atoms with E-state index in [0.717, 1.165) is 58.0 Å². The molecule has 1 saturated carbocycles. The van der Waals surface area contributed by atoms with Crippen molar-refractivity contribution in [1.82, 2.24) is 9.55 Å². The molecule has 1 aliphatic rings. The molecule has 1 unspecified atom stereocenters. The molecule has 2 aromatic heterocycles. The highest BCUT2D eigenvalue weighted by molar-refractivity contribution is 7.81. The van der Waals surface area contributed by atoms with Crippen molar-refractivity contribution in [2.75, 3.05) is 4.31 Å². The summed E-state index contributed by atoms with van der Waals surface area (Å²) >= 11 is -2.42. The van der Waals surface area contributed by atoms with Crippen LogP contribution in [0, 0.1) is 19.8 Å². The Morgan fingerprint density at radius 1 is 1.11 bits per heavy atom. The number of hydrogen-bond acceptors (Lipinski definition) is 3. The Labute approximate surface area is 214 Å². The monoisotopic (exact) mass is 501 g/mol. The molecule has 6 nitrogen and oxygen atoms in total. The third-order valence-corrected chi connectivity index (χ3v) is 7.49. The van der Waals surface area contributed by atoms with Gasteiger partial charge in [-0.05, 0) is 68.0 Å². The van der Waals surface area contributed by atoms with E-state index in [0.29, 0.717) is 12.2 Å². The van der Waals surface area contributed by atoms with E-state index >= 15 is 0 Å². The molecule has 0 radical (unpaired) electrons. The summed E-state index contributed by atoms with van der Waals surface area (Å²) in [7, 11) is 0. The number of rotatable bonds is 8. The maximum absolute atomic E-state index is 12.8. The van der Waals surface area contributed by atoms with Crippen LogP contribution in [0.15, 0.2) is 60.7 Å². The van der Waals surface area contributed by atoms with Gasteiger partial charge in [0, 0.05) is 34.8 Å². The highest BCUT2D eigenvalue weighted by Gasteiger charge is 2.37. The Morgan fingerprint density at radius 2 is 1.83 bits per heavy atom. The summed E-state index contributed by atoms with van der Waals surface area (Å²) in [5.41, 5.74) is 7.81. The third kappa shape index (κ3) is 4.73. The molecular weight excluding hydrogens is 470 g/mol. The first kappa shape index (κ1) is 24.4. The maximum Gasteiger partial charge on any atom is 0.268 e. The topological polar surface area (TPSA) is 75.4 Å². The Morgan fingerprint density at radius 3 is 2.50 bits per heavy atom. The largest absolute Gasteiger partial charge is 0.325 e. The highest BCUT2D eigenvalue weighted by Crippen LogP contribution is 2.37. The molecule has 186 valence electrons. The van der Waals surface area contributed by atoms with Gasteiger partial charge in [0.1, 0.15) is 5.65 Å². The Kier molecular flexibility index (Phi) is 6.77. The standard InChI is InChI=1S/C29H31N3O3S/c1-4-7-24-17-26-19(2)16-20(3)30-28(26)31(24)18-21-10-12-22(13-11-21)25-8-5-6-9-27(25)32(36(34)35)29(33)23-14-15-23/h5-6,8-13,16-17,23H,4,7,14-15,18H2,1-3H3,(H,34,35). The highest BCUT2D eigenvalue weighted by atomic mass is 32.2. The van der Waals surface area contributed by atoms with Crippen LogP contribution in [0.1, 0.15) is 48.7 Å². The Balaban J connectivity index is 1.49. The minimum Gasteiger partial charge on any atom is -0.325 e. The predicted molar refractivity (Wildman–Crippen MR) is 145 cm³/mol. The van der Waals surface area contributed by atoms with Crippen LogP contribution in [0.3, 0.4) is 0 Å². The van der Waals surface area contributed by atoms with Crippen molar-refractivity contribution in [1.29, 1.82) is 0 Å². The molecule has 0 aliphatic heterocycles. The molecular formula is C29H31N3O3S. The number of pyridine rings is 1. The molecule has 0 spiro atoms. The SMILES string of the molecule is CCCc1cc2c(C)cc(C)nc2n1Cc1ccc(-c2ccccc2N(C(=O)C2CC2)S(=O)O)cc1. The minimum absolute atomic E-state index is 0.161. The molecule has 1 aliphatic carbocycles. The zero-order valence-corrected chi connectivity index (χ0v) is 21.7. The lowest BCUT2D eigenvalue weighted by molar-refractivity contribution is -0.118. The smallest absolute Gasteiger partial charge is 0.268 e. The molecule has 1 fully saturated rings. The second-order valence-corrected chi connectivity index (χ2v) is 10.5. The number of carbonyl (C=O) groups is 1. The molecule has 1 atom stereocenters. The van der Waals surface area contributed by atoms with Gasteiger partial charge in [-0.2, -0.15) is 0 Å². The number of aromatic nitrogens is 2. The summed E-state index contributed by atoms with van der Waals surface area (Å²) in [4.78, 5) is 17.6. The number of hydrogen-bond donors (Lipinski definition) is 1. The average molecular weight is 502 g/mol. The molecule has 2 aromatic carbocycles. The molecule has 0 bridgehead atoms. The summed E-state index contributed by atoms with van der Waals surface area (Å²) in [6.45, 7) is 7.08. The number of carbonyl (C=O) groups excluding carboxylic acids is 1. The van der Waals surface area contributed by atoms with E-state index in [1.54, 1.807) is 12.1 Å². The Hall–Kier alpha value is -3.29. The number of fused-ring (bicyclic) bond motifs is 1. The van der Waals surface area contributed by atoms with E-state index in [4.69, 9.17) is 4.98 Å². The van der Waals surface area contributed by atoms with Crippen LogP contribution in [0.2, 0.25) is 0 Å². The number of anilines is 1. The lowest BCUT2D eigenvalue weighted by atomic mass is 10.0. The number of para-hydroxylation sites is 1. The van der Waals surface area contributed by atoms with Crippen molar-refractivity contribution in [2.24, 2.45) is 5.92 Å². The van der Waals surface area contributed by atoms with E-state index in [1.807, 2.05) is 31.2 Å². The molecule has 1 N–H and O–H groups in total. The van der Waals surface area contributed by atoms with Crippen LogP contribution < -0.4 is 4.31 Å². The second kappa shape index (κ2) is 9.99. The van der Waals surface area contributed by atoms with E-state index in [1.165, 1.54) is 16.6 Å². The van der Waals surface area contributed by atoms with Crippen molar-refractivity contribution in [2.45, 2.75) is 53.0 Å². The molecule has 4 aromatic rings. The number of nitrogens with zero attached hydrogens (tertiary/aromatic N) is 3. The molecule has 1 amide bonds. The first-order valence-electron chi connectivity index (χ1n) is 12.5. The molecule has 2 heterocycles. The van der Waals surface area contributed by atoms with Gasteiger partial charge in [0.15, 0.2) is 0 Å². The van der Waals surface area contributed by atoms with Crippen molar-refractivity contribution >= 4 is 33.9 Å². The van der Waals surface area contributed by atoms with Crippen LogP contribution in [0.25, 0.3) is 22.2 Å². The van der Waals surface area contributed by atoms with Crippen molar-refractivity contribution in [3.63, 3.8) is 0 Å². The summed E-state index contributed by atoms with van der Waals surface area (Å²) in [5, 5.41) is 1.20. The zero-order valence-electron chi connectivity index (χ0n) is 20.9. The van der Waals surface area contributed by atoms with Gasteiger partial charge in [0.25, 0.3) is 11.3 Å². The Bertz CT molecular complexity index is 1450. The summed E-state index contributed by atoms with van der Waals surface area (Å²) in [5.74, 6) is -0.452. The van der Waals surface area contributed by atoms with Gasteiger partial charge >= 0.3 is 0 Å². The van der Waals surface area contributed by atoms with Gasteiger partial charge in [0.2, 0.25) is 5.91 Å². The number of benzene rings is 2. The van der Waals surface area contributed by atoms with Gasteiger partial charge in [0.05, 0.1) is 5.69 Å². The van der Waals surface area contributed by atoms with Crippen molar-refractivity contribution < 1.29 is 13.6 Å². The van der Waals surface area contributed by atoms with Gasteiger partial charge < -0.3 is 4.57 Å². The lowest BCUT2D eigenvalue weighted by Gasteiger charge is -2.21. The van der Waals surface area contributed by atoms with Gasteiger partial charge in [-0.15, -0.1) is 0 Å². The summed E-state index contributed by atoms with van der Waals surface area (Å²) in [6, 6.07) is 19.9. The molecule has 0 saturated heterocycles. The van der Waals surface area contributed by atoms with E-state index in [2.05, 4.69) is 42.7 Å². The minimum atomic E-state index is -2.42. The fourth-order valence-electron chi connectivity index (χ4n) is 4.87. The fraction of sp³-hybridized carbons (Fsp3) is 0.310. The van der Waals surface area contributed by atoms with E-state index < -0.39 is 11.3 Å². The lowest BCUT2D eigenvalue weighted by Crippen LogP contribution is -2.34. The molecule has 36 heavy (non-hydrogen) atoms. The number of aryl methyl sites for hydroxylation is 3. The first-order chi connectivity index (χ1) is 17.4. The average Bonchev–Trinajstić information content (AvgIpc) is 3.65. The normalized spacial score (nSPS) is 14.2. The van der Waals surface area contributed by atoms with Crippen LogP contribution in [-0.4, -0.2) is 24.2 Å². The second-order valence-electron chi connectivity index (χ2n) is 9.64. The van der Waals surface area contributed by atoms with Crippen LogP contribution in [-0.2, 0) is 29.0 Å². The fourth-order valence-corrected chi connectivity index (χ4v) is 5.50. The predicted octanol–water partition coefficient (Wildman–Crippen LogP) is 6.20. The van der Waals surface area contributed by atoms with Crippen LogP contribution in [0.5, 0.6) is 0 Å². The van der Waals surface area contributed by atoms with Gasteiger partial charge in [-0.1, -0.05) is 55.8 Å². The zero-order chi connectivity index (χ0) is 25.4. The van der Waals surface area contributed by atoms with E-state index in [9.17, 15) is 13.6 Å². The number of amides is 1. The molecule has 5 rings (SSSR count). The van der Waals surface area contributed by atoms with E-state index in [-0.39, 0.29) is 11.8 Å². The van der Waals surface area contributed by atoms with Gasteiger partial charge in [-0.3, -0.25) is 9.35 Å². The molecule has 7 heteroatoms. The first-order valence-corrected chi connectivity index (χ1v) is 13.5.